The van der Waals surface area contributed by atoms with Crippen molar-refractivity contribution in [3.05, 3.63) is 69.8 Å². The topological polar surface area (TPSA) is 241 Å². The van der Waals surface area contributed by atoms with Gasteiger partial charge < -0.3 is 59.4 Å². The zero-order chi connectivity index (χ0) is 23.2. The Bertz CT molecular complexity index is 996. The minimum Gasteiger partial charge on any atom is -0.545 e. The van der Waals surface area contributed by atoms with Crippen LogP contribution >= 0.6 is 0 Å². The standard InChI is InChI=1S/2C9H6O6.3Zn/c2*10-7(11)4-1-2-5(8(12)13)6(3-4)9(14)15;;;/h2*1-3H,(H,10,11)(H,12,13)(H,14,15);;;/q;;3*+2/p-6. The van der Waals surface area contributed by atoms with E-state index in [4.69, 9.17) is 0 Å². The molecule has 0 unspecified atom stereocenters. The van der Waals surface area contributed by atoms with Gasteiger partial charge in [0.05, 0.1) is 35.8 Å². The van der Waals surface area contributed by atoms with E-state index < -0.39 is 69.2 Å². The second-order valence-corrected chi connectivity index (χ2v) is 5.25. The molecule has 2 rings (SSSR count). The van der Waals surface area contributed by atoms with Crippen LogP contribution < -0.4 is 30.6 Å². The van der Waals surface area contributed by atoms with Crippen molar-refractivity contribution < 1.29 is 118 Å². The van der Waals surface area contributed by atoms with Crippen LogP contribution in [-0.2, 0) is 58.4 Å². The third-order valence-electron chi connectivity index (χ3n) is 3.39. The maximum absolute atomic E-state index is 10.5. The van der Waals surface area contributed by atoms with Gasteiger partial charge in [-0.25, -0.2) is 0 Å². The molecule has 33 heavy (non-hydrogen) atoms. The minimum absolute atomic E-state index is 0. The summed E-state index contributed by atoms with van der Waals surface area (Å²) in [6.07, 6.45) is 0. The SMILES string of the molecule is O=C([O-])c1ccc(C(=O)[O-])c(C(=O)[O-])c1.O=C([O-])c1ccc(C(=O)[O-])c(C(=O)[O-])c1.[Zn+2].[Zn+2].[Zn+2]. The average Bonchev–Trinajstić information content (AvgIpc) is 2.67. The maximum atomic E-state index is 10.5. The molecule has 0 radical (unpaired) electrons. The van der Waals surface area contributed by atoms with Crippen LogP contribution in [0.2, 0.25) is 0 Å². The molecule has 0 amide bonds. The van der Waals surface area contributed by atoms with Crippen molar-refractivity contribution in [3.8, 4) is 0 Å². The van der Waals surface area contributed by atoms with Crippen LogP contribution in [0.15, 0.2) is 36.4 Å². The predicted octanol–water partition coefficient (Wildman–Crippen LogP) is -6.45. The summed E-state index contributed by atoms with van der Waals surface area (Å²) in [5.41, 5.74) is -3.67. The monoisotopic (exact) mass is 606 g/mol. The van der Waals surface area contributed by atoms with Gasteiger partial charge in [0.2, 0.25) is 0 Å². The first-order chi connectivity index (χ1) is 13.9. The molecule has 0 fully saturated rings. The smallest absolute Gasteiger partial charge is 0.545 e. The summed E-state index contributed by atoms with van der Waals surface area (Å²) in [5, 5.41) is 62.6. The van der Waals surface area contributed by atoms with E-state index in [1.54, 1.807) is 0 Å². The third kappa shape index (κ3) is 9.65. The zero-order valence-electron chi connectivity index (χ0n) is 16.5. The van der Waals surface area contributed by atoms with Gasteiger partial charge in [-0.1, -0.05) is 24.3 Å². The number of hydrogen-bond acceptors (Lipinski definition) is 12. The van der Waals surface area contributed by atoms with Crippen molar-refractivity contribution in [2.75, 3.05) is 0 Å². The van der Waals surface area contributed by atoms with E-state index in [2.05, 4.69) is 0 Å². The fraction of sp³-hybridized carbons (Fsp3) is 0. The Balaban J connectivity index is -0.000000500. The van der Waals surface area contributed by atoms with E-state index in [-0.39, 0.29) is 58.4 Å². The van der Waals surface area contributed by atoms with E-state index >= 15 is 0 Å². The van der Waals surface area contributed by atoms with E-state index in [0.717, 1.165) is 24.3 Å². The molecule has 12 nitrogen and oxygen atoms in total. The molecule has 156 valence electrons. The molecule has 15 heteroatoms. The van der Waals surface area contributed by atoms with Gasteiger partial charge in [-0.3, -0.25) is 0 Å². The largest absolute Gasteiger partial charge is 2.00 e. The molecule has 0 spiro atoms. The Morgan fingerprint density at radius 3 is 0.818 bits per heavy atom. The van der Waals surface area contributed by atoms with Gasteiger partial charge in [0.25, 0.3) is 0 Å². The van der Waals surface area contributed by atoms with E-state index in [1.807, 2.05) is 0 Å². The number of carbonyl (C=O) groups is 6. The number of carbonyl (C=O) groups excluding carboxylic acids is 6. The molecule has 2 aromatic rings. The fourth-order valence-electron chi connectivity index (χ4n) is 2.04. The number of carboxylic acid groups (broad SMARTS) is 6. The summed E-state index contributed by atoms with van der Waals surface area (Å²) in [6.45, 7) is 0. The van der Waals surface area contributed by atoms with Gasteiger partial charge in [-0.2, -0.15) is 0 Å². The maximum Gasteiger partial charge on any atom is 2.00 e. The van der Waals surface area contributed by atoms with Crippen LogP contribution in [-0.4, -0.2) is 35.8 Å². The average molecular weight is 610 g/mol. The molecule has 0 saturated heterocycles. The molecule has 2 aromatic carbocycles. The van der Waals surface area contributed by atoms with E-state index in [1.165, 1.54) is 0 Å². The number of carboxylic acids is 6. The normalized spacial score (nSPS) is 8.73. The number of hydrogen-bond donors (Lipinski definition) is 0. The first-order valence-corrected chi connectivity index (χ1v) is 7.43. The van der Waals surface area contributed by atoms with Crippen LogP contribution in [0.1, 0.15) is 62.1 Å². The Morgan fingerprint density at radius 2 is 0.636 bits per heavy atom. The van der Waals surface area contributed by atoms with Crippen LogP contribution in [0.3, 0.4) is 0 Å². The fourth-order valence-corrected chi connectivity index (χ4v) is 2.04. The summed E-state index contributed by atoms with van der Waals surface area (Å²) in [6, 6.07) is 4.74. The van der Waals surface area contributed by atoms with Crippen LogP contribution in [0.4, 0.5) is 0 Å². The molecule has 0 bridgehead atoms. The molecular weight excluding hydrogens is 604 g/mol. The van der Waals surface area contributed by atoms with Gasteiger partial charge in [-0.15, -0.1) is 0 Å². The Hall–Kier alpha value is -2.87. The summed E-state index contributed by atoms with van der Waals surface area (Å²) < 4.78 is 0. The first-order valence-electron chi connectivity index (χ1n) is 7.43. The molecule has 0 saturated carbocycles. The third-order valence-corrected chi connectivity index (χ3v) is 3.39. The van der Waals surface area contributed by atoms with Crippen molar-refractivity contribution >= 4 is 35.8 Å². The van der Waals surface area contributed by atoms with Crippen LogP contribution in [0.25, 0.3) is 0 Å². The van der Waals surface area contributed by atoms with Gasteiger partial charge in [0, 0.05) is 22.3 Å². The molecule has 0 aromatic heterocycles. The summed E-state index contributed by atoms with van der Waals surface area (Å²) >= 11 is 0. The molecule has 0 atom stereocenters. The first kappa shape index (κ1) is 34.7. The number of benzene rings is 2. The van der Waals surface area contributed by atoms with Crippen molar-refractivity contribution in [2.24, 2.45) is 0 Å². The second kappa shape index (κ2) is 15.1. The summed E-state index contributed by atoms with van der Waals surface area (Å²) in [5.74, 6) is -10.3. The van der Waals surface area contributed by atoms with Crippen molar-refractivity contribution in [1.29, 1.82) is 0 Å². The molecule has 0 aliphatic heterocycles. The number of aromatic carboxylic acids is 6. The Labute approximate surface area is 222 Å². The van der Waals surface area contributed by atoms with Gasteiger partial charge in [0.1, 0.15) is 0 Å². The van der Waals surface area contributed by atoms with Gasteiger partial charge in [-0.05, 0) is 23.3 Å². The van der Waals surface area contributed by atoms with Crippen molar-refractivity contribution in [1.82, 2.24) is 0 Å². The number of rotatable bonds is 6. The summed E-state index contributed by atoms with van der Waals surface area (Å²) in [4.78, 5) is 62.6. The molecular formula is C18H6O12Zn3. The van der Waals surface area contributed by atoms with Crippen molar-refractivity contribution in [3.63, 3.8) is 0 Å². The van der Waals surface area contributed by atoms with Crippen molar-refractivity contribution in [2.45, 2.75) is 0 Å². The molecule has 0 aliphatic carbocycles. The molecule has 0 N–H and O–H groups in total. The van der Waals surface area contributed by atoms with Gasteiger partial charge in [0.15, 0.2) is 0 Å². The Morgan fingerprint density at radius 1 is 0.394 bits per heavy atom. The summed E-state index contributed by atoms with van der Waals surface area (Å²) in [7, 11) is 0. The minimum atomic E-state index is -1.79. The van der Waals surface area contributed by atoms with Crippen LogP contribution in [0.5, 0.6) is 0 Å². The zero-order valence-corrected chi connectivity index (χ0v) is 25.4. The van der Waals surface area contributed by atoms with E-state index in [0.29, 0.717) is 12.1 Å². The Kier molecular flexibility index (Phi) is 15.8. The van der Waals surface area contributed by atoms with E-state index in [9.17, 15) is 59.4 Å². The van der Waals surface area contributed by atoms with Gasteiger partial charge >= 0.3 is 58.4 Å². The molecule has 0 heterocycles. The second-order valence-electron chi connectivity index (χ2n) is 5.25. The quantitative estimate of drug-likeness (QED) is 0.277. The van der Waals surface area contributed by atoms with Crippen LogP contribution in [0, 0.1) is 0 Å². The predicted molar refractivity (Wildman–Crippen MR) is 78.9 cm³/mol. The molecule has 0 aliphatic rings.